The van der Waals surface area contributed by atoms with Crippen LogP contribution in [0.25, 0.3) is 0 Å². The first-order valence-corrected chi connectivity index (χ1v) is 6.25. The molecule has 17 heavy (non-hydrogen) atoms. The molecule has 0 spiro atoms. The van der Waals surface area contributed by atoms with Crippen molar-refractivity contribution in [3.05, 3.63) is 16.5 Å². The highest BCUT2D eigenvalue weighted by Crippen LogP contribution is 2.23. The summed E-state index contributed by atoms with van der Waals surface area (Å²) in [5.41, 5.74) is 0. The molecule has 1 aliphatic heterocycles. The van der Waals surface area contributed by atoms with Crippen LogP contribution in [0, 0.1) is 6.92 Å². The fourth-order valence-corrected chi connectivity index (χ4v) is 2.52. The summed E-state index contributed by atoms with van der Waals surface area (Å²) < 4.78 is 11.6. The zero-order valence-corrected chi connectivity index (χ0v) is 11.8. The monoisotopic (exact) mass is 301 g/mol. The van der Waals surface area contributed by atoms with Gasteiger partial charge in [-0.3, -0.25) is 0 Å². The molecule has 0 bridgehead atoms. The number of halogens is 1. The first-order valence-electron chi connectivity index (χ1n) is 5.45. The highest BCUT2D eigenvalue weighted by molar-refractivity contribution is 9.10. The van der Waals surface area contributed by atoms with Crippen LogP contribution in [-0.4, -0.2) is 49.5 Å². The van der Waals surface area contributed by atoms with Crippen LogP contribution < -0.4 is 4.90 Å². The first kappa shape index (κ1) is 12.7. The largest absolute Gasteiger partial charge is 0.377 e. The minimum Gasteiger partial charge on any atom is -0.377 e. The minimum absolute atomic E-state index is 0.0917. The molecule has 0 amide bonds. The van der Waals surface area contributed by atoms with Gasteiger partial charge in [0, 0.05) is 33.4 Å². The van der Waals surface area contributed by atoms with Gasteiger partial charge in [-0.2, -0.15) is 0 Å². The highest BCUT2D eigenvalue weighted by atomic mass is 79.9. The van der Waals surface area contributed by atoms with E-state index in [-0.39, 0.29) is 12.2 Å². The molecule has 0 aromatic carbocycles. The Labute approximate surface area is 109 Å². The quantitative estimate of drug-likeness (QED) is 0.790. The van der Waals surface area contributed by atoms with Crippen LogP contribution in [-0.2, 0) is 9.47 Å². The van der Waals surface area contributed by atoms with Gasteiger partial charge >= 0.3 is 0 Å². The van der Waals surface area contributed by atoms with Crippen molar-refractivity contribution < 1.29 is 9.47 Å². The lowest BCUT2D eigenvalue weighted by Crippen LogP contribution is -2.27. The Morgan fingerprint density at radius 2 is 1.82 bits per heavy atom. The minimum atomic E-state index is 0.0917. The molecule has 0 N–H and O–H groups in total. The third-order valence-corrected chi connectivity index (χ3v) is 3.34. The maximum absolute atomic E-state index is 5.41. The fraction of sp³-hybridized carbons (Fsp3) is 0.636. The number of nitrogens with zero attached hydrogens (tertiary/aromatic N) is 3. The van der Waals surface area contributed by atoms with Crippen LogP contribution in [0.15, 0.2) is 10.7 Å². The summed E-state index contributed by atoms with van der Waals surface area (Å²) >= 11 is 3.38. The zero-order valence-electron chi connectivity index (χ0n) is 10.2. The second-order valence-corrected chi connectivity index (χ2v) is 4.86. The third kappa shape index (κ3) is 2.75. The van der Waals surface area contributed by atoms with Crippen molar-refractivity contribution in [2.24, 2.45) is 0 Å². The van der Waals surface area contributed by atoms with Crippen molar-refractivity contribution in [2.75, 3.05) is 32.2 Å². The van der Waals surface area contributed by atoms with Gasteiger partial charge in [-0.15, -0.1) is 0 Å². The average molecular weight is 302 g/mol. The van der Waals surface area contributed by atoms with Crippen LogP contribution in [0.5, 0.6) is 0 Å². The number of ether oxygens (including phenoxy) is 2. The highest BCUT2D eigenvalue weighted by Gasteiger charge is 2.33. The Kier molecular flexibility index (Phi) is 3.96. The van der Waals surface area contributed by atoms with Crippen molar-refractivity contribution in [1.29, 1.82) is 0 Å². The Morgan fingerprint density at radius 1 is 1.24 bits per heavy atom. The predicted molar refractivity (Wildman–Crippen MR) is 68.3 cm³/mol. The molecule has 2 rings (SSSR count). The van der Waals surface area contributed by atoms with Gasteiger partial charge in [-0.1, -0.05) is 0 Å². The maximum Gasteiger partial charge on any atom is 0.133 e. The molecule has 0 radical (unpaired) electrons. The number of hydrogen-bond donors (Lipinski definition) is 0. The van der Waals surface area contributed by atoms with Crippen LogP contribution in [0.4, 0.5) is 5.82 Å². The second kappa shape index (κ2) is 5.29. The van der Waals surface area contributed by atoms with Crippen molar-refractivity contribution in [1.82, 2.24) is 9.97 Å². The van der Waals surface area contributed by atoms with Crippen molar-refractivity contribution in [2.45, 2.75) is 19.1 Å². The molecule has 0 aliphatic carbocycles. The molecule has 1 aromatic rings. The number of aryl methyl sites for hydroxylation is 1. The number of aromatic nitrogens is 2. The number of methoxy groups -OCH3 is 2. The van der Waals surface area contributed by atoms with Crippen LogP contribution in [0.1, 0.15) is 5.82 Å². The third-order valence-electron chi connectivity index (χ3n) is 2.94. The molecule has 2 unspecified atom stereocenters. The number of anilines is 1. The van der Waals surface area contributed by atoms with Gasteiger partial charge in [0.15, 0.2) is 0 Å². The van der Waals surface area contributed by atoms with Gasteiger partial charge in [-0.05, 0) is 22.9 Å². The van der Waals surface area contributed by atoms with Gasteiger partial charge < -0.3 is 14.4 Å². The molecule has 6 heteroatoms. The van der Waals surface area contributed by atoms with E-state index in [0.717, 1.165) is 29.3 Å². The SMILES string of the molecule is COC1CN(c2cc(Br)nc(C)n2)CC1OC. The van der Waals surface area contributed by atoms with Gasteiger partial charge in [0.1, 0.15) is 28.5 Å². The number of rotatable bonds is 3. The van der Waals surface area contributed by atoms with Crippen molar-refractivity contribution in [3.63, 3.8) is 0 Å². The van der Waals surface area contributed by atoms with Crippen LogP contribution in [0.2, 0.25) is 0 Å². The van der Waals surface area contributed by atoms with Crippen molar-refractivity contribution >= 4 is 21.7 Å². The maximum atomic E-state index is 5.41. The molecule has 2 heterocycles. The lowest BCUT2D eigenvalue weighted by atomic mass is 10.3. The van der Waals surface area contributed by atoms with Crippen molar-refractivity contribution in [3.8, 4) is 0 Å². The summed E-state index contributed by atoms with van der Waals surface area (Å²) in [5.74, 6) is 1.66. The fourth-order valence-electron chi connectivity index (χ4n) is 2.06. The summed E-state index contributed by atoms with van der Waals surface area (Å²) in [6.45, 7) is 3.46. The summed E-state index contributed by atoms with van der Waals surface area (Å²) in [4.78, 5) is 10.8. The van der Waals surface area contributed by atoms with Crippen LogP contribution in [0.3, 0.4) is 0 Å². The summed E-state index contributed by atoms with van der Waals surface area (Å²) in [5, 5.41) is 0. The standard InChI is InChI=1S/C11H16BrN3O2/c1-7-13-10(12)4-11(14-7)15-5-8(16-2)9(6-15)17-3/h4,8-9H,5-6H2,1-3H3. The normalized spacial score (nSPS) is 24.4. The molecule has 1 aromatic heterocycles. The lowest BCUT2D eigenvalue weighted by molar-refractivity contribution is -0.00461. The van der Waals surface area contributed by atoms with Gasteiger partial charge in [0.2, 0.25) is 0 Å². The topological polar surface area (TPSA) is 47.5 Å². The summed E-state index contributed by atoms with van der Waals surface area (Å²) in [6.07, 6.45) is 0.183. The van der Waals surface area contributed by atoms with Gasteiger partial charge in [0.05, 0.1) is 0 Å². The van der Waals surface area contributed by atoms with E-state index in [1.54, 1.807) is 14.2 Å². The zero-order chi connectivity index (χ0) is 12.4. The summed E-state index contributed by atoms with van der Waals surface area (Å²) in [6, 6.07) is 1.91. The number of hydrogen-bond acceptors (Lipinski definition) is 5. The van der Waals surface area contributed by atoms with E-state index in [1.807, 2.05) is 13.0 Å². The Balaban J connectivity index is 2.18. The van der Waals surface area contributed by atoms with Crippen LogP contribution >= 0.6 is 15.9 Å². The Bertz CT molecular complexity index is 370. The van der Waals surface area contributed by atoms with E-state index in [4.69, 9.17) is 9.47 Å². The van der Waals surface area contributed by atoms with E-state index in [2.05, 4.69) is 30.8 Å². The van der Waals surface area contributed by atoms with Gasteiger partial charge in [0.25, 0.3) is 0 Å². The Hall–Kier alpha value is -0.720. The van der Waals surface area contributed by atoms with E-state index in [0.29, 0.717) is 0 Å². The molecule has 0 saturated carbocycles. The van der Waals surface area contributed by atoms with E-state index < -0.39 is 0 Å². The van der Waals surface area contributed by atoms with E-state index in [9.17, 15) is 0 Å². The van der Waals surface area contributed by atoms with E-state index in [1.165, 1.54) is 0 Å². The van der Waals surface area contributed by atoms with E-state index >= 15 is 0 Å². The summed E-state index contributed by atoms with van der Waals surface area (Å²) in [7, 11) is 3.42. The molecule has 1 aliphatic rings. The van der Waals surface area contributed by atoms with Gasteiger partial charge in [-0.25, -0.2) is 9.97 Å². The second-order valence-electron chi connectivity index (χ2n) is 4.05. The molecule has 2 atom stereocenters. The molecule has 1 saturated heterocycles. The molecule has 1 fully saturated rings. The molecule has 5 nitrogen and oxygen atoms in total. The molecular weight excluding hydrogens is 286 g/mol. The predicted octanol–water partition coefficient (Wildman–Crippen LogP) is 1.40. The smallest absolute Gasteiger partial charge is 0.133 e. The first-order chi connectivity index (χ1) is 8.13. The molecular formula is C11H16BrN3O2. The Morgan fingerprint density at radius 3 is 2.29 bits per heavy atom. The molecule has 94 valence electrons. The average Bonchev–Trinajstić information content (AvgIpc) is 2.70. The lowest BCUT2D eigenvalue weighted by Gasteiger charge is -2.17.